The van der Waals surface area contributed by atoms with Crippen molar-refractivity contribution in [2.24, 2.45) is 4.99 Å². The summed E-state index contributed by atoms with van der Waals surface area (Å²) >= 11 is 0. The molecule has 1 aliphatic rings. The molecule has 0 aliphatic carbocycles. The molecule has 3 aromatic rings. The monoisotopic (exact) mass is 416 g/mol. The fourth-order valence-electron chi connectivity index (χ4n) is 3.39. The Kier molecular flexibility index (Phi) is 6.02. The summed E-state index contributed by atoms with van der Waals surface area (Å²) in [5.41, 5.74) is 4.95. The predicted octanol–water partition coefficient (Wildman–Crippen LogP) is 4.64. The van der Waals surface area contributed by atoms with Crippen LogP contribution in [0.1, 0.15) is 31.1 Å². The zero-order chi connectivity index (χ0) is 21.8. The second kappa shape index (κ2) is 8.88. The van der Waals surface area contributed by atoms with Crippen LogP contribution < -0.4 is 15.4 Å². The molecule has 4 rings (SSSR count). The highest BCUT2D eigenvalue weighted by molar-refractivity contribution is 6.09. The fraction of sp³-hybridized carbons (Fsp3) is 0.280. The normalized spacial score (nSPS) is 15.6. The number of pyridine rings is 1. The van der Waals surface area contributed by atoms with E-state index >= 15 is 0 Å². The Bertz CT molecular complexity index is 1080. The van der Waals surface area contributed by atoms with E-state index in [1.807, 2.05) is 51.4 Å². The van der Waals surface area contributed by atoms with Crippen molar-refractivity contribution in [2.45, 2.75) is 25.6 Å². The minimum Gasteiger partial charge on any atom is -0.491 e. The van der Waals surface area contributed by atoms with Gasteiger partial charge in [0.05, 0.1) is 5.60 Å². The molecule has 31 heavy (non-hydrogen) atoms. The van der Waals surface area contributed by atoms with Gasteiger partial charge in [-0.3, -0.25) is 10.3 Å². The summed E-state index contributed by atoms with van der Waals surface area (Å²) in [5, 5.41) is 6.75. The lowest BCUT2D eigenvalue weighted by molar-refractivity contribution is -0.0146. The number of anilines is 1. The molecule has 1 aliphatic heterocycles. The molecule has 0 amide bonds. The number of aromatic nitrogens is 1. The maximum Gasteiger partial charge on any atom is 0.136 e. The van der Waals surface area contributed by atoms with Gasteiger partial charge < -0.3 is 14.8 Å². The first-order chi connectivity index (χ1) is 15.0. The average molecular weight is 417 g/mol. The fourth-order valence-corrected chi connectivity index (χ4v) is 3.39. The number of nitrogens with one attached hydrogen (secondary N) is 2. The Hall–Kier alpha value is -3.22. The quantitative estimate of drug-likeness (QED) is 0.587. The number of hydrogen-bond donors (Lipinski definition) is 2. The van der Waals surface area contributed by atoms with Crippen molar-refractivity contribution in [1.82, 2.24) is 10.3 Å². The lowest BCUT2D eigenvalue weighted by Gasteiger charge is -2.26. The van der Waals surface area contributed by atoms with Gasteiger partial charge in [-0.25, -0.2) is 4.99 Å². The Labute approximate surface area is 183 Å². The van der Waals surface area contributed by atoms with Gasteiger partial charge in [0.2, 0.25) is 0 Å². The Morgan fingerprint density at radius 1 is 1.03 bits per heavy atom. The lowest BCUT2D eigenvalue weighted by Crippen LogP contribution is -2.30. The van der Waals surface area contributed by atoms with Gasteiger partial charge in [-0.2, -0.15) is 0 Å². The van der Waals surface area contributed by atoms with E-state index in [2.05, 4.69) is 45.9 Å². The van der Waals surface area contributed by atoms with Crippen molar-refractivity contribution in [1.29, 1.82) is 0 Å². The van der Waals surface area contributed by atoms with Crippen molar-refractivity contribution in [3.63, 3.8) is 0 Å². The molecule has 1 unspecified atom stereocenters. The van der Waals surface area contributed by atoms with Crippen LogP contribution in [0.3, 0.4) is 0 Å². The van der Waals surface area contributed by atoms with Gasteiger partial charge in [-0.15, -0.1) is 0 Å². The number of nitrogens with zero attached hydrogens (tertiary/aromatic N) is 2. The molecule has 0 saturated carbocycles. The van der Waals surface area contributed by atoms with Gasteiger partial charge in [-0.05, 0) is 68.4 Å². The van der Waals surface area contributed by atoms with Crippen LogP contribution in [-0.2, 0) is 4.74 Å². The number of amidine groups is 1. The summed E-state index contributed by atoms with van der Waals surface area (Å²) in [6.45, 7) is 4.49. The zero-order valence-corrected chi connectivity index (χ0v) is 18.3. The molecule has 2 N–H and O–H groups in total. The summed E-state index contributed by atoms with van der Waals surface area (Å²) in [4.78, 5) is 9.05. The number of aliphatic imine (C=N–C) groups is 1. The summed E-state index contributed by atoms with van der Waals surface area (Å²) in [6.07, 6.45) is 3.43. The van der Waals surface area contributed by atoms with Gasteiger partial charge in [0, 0.05) is 36.3 Å². The van der Waals surface area contributed by atoms with Crippen LogP contribution in [0, 0.1) is 0 Å². The van der Waals surface area contributed by atoms with Crippen LogP contribution in [0.4, 0.5) is 5.69 Å². The average Bonchev–Trinajstić information content (AvgIpc) is 2.82. The minimum atomic E-state index is -0.336. The van der Waals surface area contributed by atoms with Gasteiger partial charge in [0.25, 0.3) is 0 Å². The van der Waals surface area contributed by atoms with Crippen LogP contribution in [-0.4, -0.2) is 37.2 Å². The van der Waals surface area contributed by atoms with E-state index in [9.17, 15) is 0 Å². The van der Waals surface area contributed by atoms with E-state index in [4.69, 9.17) is 14.5 Å². The minimum absolute atomic E-state index is 0.145. The third kappa shape index (κ3) is 4.76. The molecule has 0 bridgehead atoms. The molecule has 6 heteroatoms. The Morgan fingerprint density at radius 2 is 1.84 bits per heavy atom. The van der Waals surface area contributed by atoms with Crippen molar-refractivity contribution in [3.05, 3.63) is 78.1 Å². The van der Waals surface area contributed by atoms with Crippen molar-refractivity contribution in [2.75, 3.05) is 26.1 Å². The van der Waals surface area contributed by atoms with Crippen molar-refractivity contribution >= 4 is 11.5 Å². The molecular weight excluding hydrogens is 388 g/mol. The zero-order valence-electron chi connectivity index (χ0n) is 18.3. The van der Waals surface area contributed by atoms with Crippen LogP contribution in [0.15, 0.2) is 72.0 Å². The van der Waals surface area contributed by atoms with E-state index < -0.39 is 0 Å². The number of hydrogen-bond acceptors (Lipinski definition) is 6. The number of methoxy groups -OCH3 is 1. The van der Waals surface area contributed by atoms with E-state index in [1.165, 1.54) is 0 Å². The van der Waals surface area contributed by atoms with E-state index in [1.54, 1.807) is 13.3 Å². The first-order valence-corrected chi connectivity index (χ1v) is 10.3. The van der Waals surface area contributed by atoms with Gasteiger partial charge in [-0.1, -0.05) is 18.2 Å². The van der Waals surface area contributed by atoms with Gasteiger partial charge in [0.1, 0.15) is 24.4 Å². The number of fused-ring (bicyclic) bond motifs is 1. The number of benzene rings is 2. The van der Waals surface area contributed by atoms with Gasteiger partial charge >= 0.3 is 0 Å². The number of ether oxygens (including phenoxy) is 2. The lowest BCUT2D eigenvalue weighted by atomic mass is 9.99. The highest BCUT2D eigenvalue weighted by atomic mass is 16.5. The summed E-state index contributed by atoms with van der Waals surface area (Å²) in [7, 11) is 3.62. The second-order valence-electron chi connectivity index (χ2n) is 8.12. The maximum atomic E-state index is 5.96. The smallest absolute Gasteiger partial charge is 0.136 e. The third-order valence-electron chi connectivity index (χ3n) is 5.37. The van der Waals surface area contributed by atoms with E-state index in [-0.39, 0.29) is 11.8 Å². The molecule has 0 radical (unpaired) electrons. The molecule has 0 fully saturated rings. The van der Waals surface area contributed by atoms with Crippen LogP contribution in [0.2, 0.25) is 0 Å². The third-order valence-corrected chi connectivity index (χ3v) is 5.37. The molecule has 2 aromatic carbocycles. The van der Waals surface area contributed by atoms with E-state index in [0.717, 1.165) is 39.5 Å². The van der Waals surface area contributed by atoms with Crippen molar-refractivity contribution < 1.29 is 9.47 Å². The topological polar surface area (TPSA) is 67.8 Å². The maximum absolute atomic E-state index is 5.96. The SMILES string of the molecule is CNC1N=C(c2cccnc2)Nc2ccc(-c3cccc(OCC(C)(C)OC)c3)cc21. The molecule has 0 saturated heterocycles. The molecule has 1 aromatic heterocycles. The van der Waals surface area contributed by atoms with Crippen molar-refractivity contribution in [3.8, 4) is 16.9 Å². The van der Waals surface area contributed by atoms with E-state index in [0.29, 0.717) is 6.61 Å². The molecule has 0 spiro atoms. The molecule has 2 heterocycles. The highest BCUT2D eigenvalue weighted by Crippen LogP contribution is 2.34. The van der Waals surface area contributed by atoms with Crippen LogP contribution >= 0.6 is 0 Å². The number of rotatable bonds is 7. The standard InChI is InChI=1S/C25H28N4O2/c1-25(2,30-4)16-31-20-9-5-7-17(13-20)18-10-11-22-21(14-18)24(26-3)29-23(28-22)19-8-6-12-27-15-19/h5-15,24,26H,16H2,1-4H3,(H,28,29). The van der Waals surface area contributed by atoms with Crippen LogP contribution in [0.25, 0.3) is 11.1 Å². The molecule has 1 atom stereocenters. The first kappa shape index (κ1) is 21.0. The van der Waals surface area contributed by atoms with Crippen LogP contribution in [0.5, 0.6) is 5.75 Å². The highest BCUT2D eigenvalue weighted by Gasteiger charge is 2.22. The predicted molar refractivity (Wildman–Crippen MR) is 125 cm³/mol. The summed E-state index contributed by atoms with van der Waals surface area (Å²) in [5.74, 6) is 1.63. The molecular formula is C25H28N4O2. The Balaban J connectivity index is 1.60. The second-order valence-corrected chi connectivity index (χ2v) is 8.12. The van der Waals surface area contributed by atoms with Gasteiger partial charge in [0.15, 0.2) is 0 Å². The largest absolute Gasteiger partial charge is 0.491 e. The molecule has 6 nitrogen and oxygen atoms in total. The summed E-state index contributed by atoms with van der Waals surface area (Å²) < 4.78 is 11.4. The summed E-state index contributed by atoms with van der Waals surface area (Å²) in [6, 6.07) is 18.4. The Morgan fingerprint density at radius 3 is 2.58 bits per heavy atom. The molecule has 160 valence electrons. The first-order valence-electron chi connectivity index (χ1n) is 10.3.